The van der Waals surface area contributed by atoms with Gasteiger partial charge in [0.1, 0.15) is 0 Å². The molecule has 0 saturated carbocycles. The summed E-state index contributed by atoms with van der Waals surface area (Å²) >= 11 is 0. The molecule has 1 aromatic rings. The lowest BCUT2D eigenvalue weighted by molar-refractivity contribution is 0.399. The van der Waals surface area contributed by atoms with E-state index in [0.717, 1.165) is 13.0 Å². The first-order valence-corrected chi connectivity index (χ1v) is 6.25. The second kappa shape index (κ2) is 10.6. The fourth-order valence-corrected chi connectivity index (χ4v) is 1.12. The Hall–Kier alpha value is -0.890. The molecule has 16 heavy (non-hydrogen) atoms. The van der Waals surface area contributed by atoms with Crippen LogP contribution in [0.5, 0.6) is 0 Å². The minimum Gasteiger partial charge on any atom is -0.309 e. The molecule has 0 aromatic carbocycles. The first-order valence-electron chi connectivity index (χ1n) is 6.25. The van der Waals surface area contributed by atoms with Gasteiger partial charge in [0.05, 0.1) is 0 Å². The Kier molecular flexibility index (Phi) is 10.0. The molecule has 0 radical (unpaired) electrons. The van der Waals surface area contributed by atoms with E-state index in [2.05, 4.69) is 43.9 Å². The number of rotatable bonds is 5. The van der Waals surface area contributed by atoms with Gasteiger partial charge in [-0.3, -0.25) is 4.98 Å². The monoisotopic (exact) mass is 222 g/mol. The summed E-state index contributed by atoms with van der Waals surface area (Å²) in [7, 11) is 4.19. The maximum Gasteiger partial charge on any atom is 0.0404 e. The second-order valence-electron chi connectivity index (χ2n) is 4.23. The lowest BCUT2D eigenvalue weighted by Crippen LogP contribution is -2.13. The summed E-state index contributed by atoms with van der Waals surface area (Å²) < 4.78 is 0. The number of aromatic nitrogens is 1. The third kappa shape index (κ3) is 9.66. The smallest absolute Gasteiger partial charge is 0.0404 e. The van der Waals surface area contributed by atoms with Gasteiger partial charge in [-0.2, -0.15) is 0 Å². The van der Waals surface area contributed by atoms with Crippen molar-refractivity contribution in [1.82, 2.24) is 9.88 Å². The van der Waals surface area contributed by atoms with E-state index in [4.69, 9.17) is 0 Å². The van der Waals surface area contributed by atoms with Gasteiger partial charge >= 0.3 is 0 Å². The quantitative estimate of drug-likeness (QED) is 0.759. The number of pyridine rings is 1. The van der Waals surface area contributed by atoms with Crippen LogP contribution in [0.1, 0.15) is 38.8 Å². The molecule has 2 nitrogen and oxygen atoms in total. The maximum absolute atomic E-state index is 4.26. The molecule has 1 heterocycles. The minimum atomic E-state index is 1.08. The fraction of sp³-hybridized carbons (Fsp3) is 0.643. The molecule has 0 saturated heterocycles. The van der Waals surface area contributed by atoms with Crippen molar-refractivity contribution in [3.63, 3.8) is 0 Å². The van der Waals surface area contributed by atoms with Gasteiger partial charge in [0.15, 0.2) is 0 Å². The molecular weight excluding hydrogens is 196 g/mol. The van der Waals surface area contributed by atoms with E-state index in [1.165, 1.54) is 25.0 Å². The number of unbranched alkanes of at least 4 members (excludes halogenated alkanes) is 1. The molecule has 0 unspecified atom stereocenters. The first kappa shape index (κ1) is 15.1. The molecule has 0 aliphatic heterocycles. The molecule has 0 aliphatic rings. The van der Waals surface area contributed by atoms with Crippen LogP contribution in [0.15, 0.2) is 24.4 Å². The van der Waals surface area contributed by atoms with Gasteiger partial charge in [-0.25, -0.2) is 0 Å². The van der Waals surface area contributed by atoms with E-state index in [0.29, 0.717) is 0 Å². The zero-order valence-electron chi connectivity index (χ0n) is 11.2. The molecule has 92 valence electrons. The summed E-state index contributed by atoms with van der Waals surface area (Å²) in [6.07, 6.45) is 6.76. The molecule has 1 rings (SSSR count). The van der Waals surface area contributed by atoms with Crippen molar-refractivity contribution >= 4 is 0 Å². The van der Waals surface area contributed by atoms with Gasteiger partial charge in [0.2, 0.25) is 0 Å². The molecular formula is C14H26N2. The van der Waals surface area contributed by atoms with Gasteiger partial charge in [-0.15, -0.1) is 0 Å². The topological polar surface area (TPSA) is 16.1 Å². The van der Waals surface area contributed by atoms with Crippen molar-refractivity contribution in [1.29, 1.82) is 0 Å². The predicted molar refractivity (Wildman–Crippen MR) is 71.7 cm³/mol. The third-order valence-electron chi connectivity index (χ3n) is 2.26. The Balaban J connectivity index is 0.000000487. The number of nitrogens with zero attached hydrogens (tertiary/aromatic N) is 2. The van der Waals surface area contributed by atoms with E-state index < -0.39 is 0 Å². The van der Waals surface area contributed by atoms with Gasteiger partial charge in [0.25, 0.3) is 0 Å². The van der Waals surface area contributed by atoms with Crippen LogP contribution in [0.25, 0.3) is 0 Å². The van der Waals surface area contributed by atoms with Crippen molar-refractivity contribution in [2.45, 2.75) is 39.5 Å². The Labute approximate surface area is 101 Å². The van der Waals surface area contributed by atoms with Crippen molar-refractivity contribution in [3.05, 3.63) is 30.1 Å². The summed E-state index contributed by atoms with van der Waals surface area (Å²) in [6.45, 7) is 5.50. The minimum absolute atomic E-state index is 1.08. The van der Waals surface area contributed by atoms with Crippen LogP contribution in [0.4, 0.5) is 0 Å². The van der Waals surface area contributed by atoms with Crippen molar-refractivity contribution in [3.8, 4) is 0 Å². The van der Waals surface area contributed by atoms with Crippen LogP contribution in [-0.4, -0.2) is 30.5 Å². The van der Waals surface area contributed by atoms with Crippen LogP contribution in [0.2, 0.25) is 0 Å². The van der Waals surface area contributed by atoms with E-state index in [9.17, 15) is 0 Å². The summed E-state index contributed by atoms with van der Waals surface area (Å²) in [5.41, 5.74) is 1.19. The zero-order valence-corrected chi connectivity index (χ0v) is 11.2. The average molecular weight is 222 g/mol. The van der Waals surface area contributed by atoms with Crippen molar-refractivity contribution < 1.29 is 0 Å². The van der Waals surface area contributed by atoms with E-state index in [1.54, 1.807) is 0 Å². The summed E-state index contributed by atoms with van der Waals surface area (Å²) in [4.78, 5) is 6.45. The summed E-state index contributed by atoms with van der Waals surface area (Å²) in [5.74, 6) is 0. The Morgan fingerprint density at radius 2 is 1.81 bits per heavy atom. The highest BCUT2D eigenvalue weighted by molar-refractivity contribution is 5.03. The molecule has 0 amide bonds. The number of hydrogen-bond donors (Lipinski definition) is 0. The van der Waals surface area contributed by atoms with Crippen LogP contribution in [0, 0.1) is 0 Å². The summed E-state index contributed by atoms with van der Waals surface area (Å²) in [6, 6.07) is 6.07. The molecule has 0 aliphatic carbocycles. The maximum atomic E-state index is 4.26. The van der Waals surface area contributed by atoms with Crippen molar-refractivity contribution in [2.75, 3.05) is 20.6 Å². The normalized spacial score (nSPS) is 9.81. The van der Waals surface area contributed by atoms with E-state index in [1.807, 2.05) is 18.3 Å². The fourth-order valence-electron chi connectivity index (χ4n) is 1.12. The third-order valence-corrected chi connectivity index (χ3v) is 2.26. The zero-order chi connectivity index (χ0) is 12.2. The largest absolute Gasteiger partial charge is 0.309 e. The second-order valence-corrected chi connectivity index (χ2v) is 4.23. The van der Waals surface area contributed by atoms with Gasteiger partial charge in [-0.1, -0.05) is 32.8 Å². The molecule has 1 aromatic heterocycles. The first-order chi connectivity index (χ1) is 7.70. The van der Waals surface area contributed by atoms with E-state index in [-0.39, 0.29) is 0 Å². The molecule has 0 atom stereocenters. The highest BCUT2D eigenvalue weighted by Crippen LogP contribution is 1.98. The number of hydrogen-bond acceptors (Lipinski definition) is 2. The van der Waals surface area contributed by atoms with Crippen molar-refractivity contribution in [2.24, 2.45) is 0 Å². The molecule has 0 spiro atoms. The van der Waals surface area contributed by atoms with Gasteiger partial charge in [0, 0.05) is 11.9 Å². The lowest BCUT2D eigenvalue weighted by Gasteiger charge is -2.07. The standard InChI is InChI=1S/C10H16N2.C4H10/c1-12(2)9-5-7-10-6-3-4-8-11-10;1-3-4-2/h3-4,6,8H,5,7,9H2,1-2H3;3-4H2,1-2H3. The predicted octanol–water partition coefficient (Wildman–Crippen LogP) is 3.38. The van der Waals surface area contributed by atoms with Gasteiger partial charge < -0.3 is 4.90 Å². The van der Waals surface area contributed by atoms with Crippen LogP contribution in [0.3, 0.4) is 0 Å². The highest BCUT2D eigenvalue weighted by atomic mass is 15.0. The van der Waals surface area contributed by atoms with E-state index >= 15 is 0 Å². The summed E-state index contributed by atoms with van der Waals surface area (Å²) in [5, 5.41) is 0. The van der Waals surface area contributed by atoms with Crippen LogP contribution in [-0.2, 0) is 6.42 Å². The van der Waals surface area contributed by atoms with Crippen LogP contribution < -0.4 is 0 Å². The SMILES string of the molecule is CCCC.CN(C)CCCc1ccccn1. The molecule has 0 N–H and O–H groups in total. The lowest BCUT2D eigenvalue weighted by atomic mass is 10.2. The molecule has 0 bridgehead atoms. The van der Waals surface area contributed by atoms with Crippen LogP contribution >= 0.6 is 0 Å². The average Bonchev–Trinajstić information content (AvgIpc) is 2.30. The Morgan fingerprint density at radius 1 is 1.12 bits per heavy atom. The van der Waals surface area contributed by atoms with Gasteiger partial charge in [-0.05, 0) is 45.6 Å². The number of aryl methyl sites for hydroxylation is 1. The Morgan fingerprint density at radius 3 is 2.25 bits per heavy atom. The molecule has 2 heteroatoms. The molecule has 0 fully saturated rings. The highest BCUT2D eigenvalue weighted by Gasteiger charge is 1.93. The Bertz CT molecular complexity index is 230.